The highest BCUT2D eigenvalue weighted by Gasteiger charge is 2.21. The van der Waals surface area contributed by atoms with E-state index < -0.39 is 10.0 Å². The number of sulfonamides is 1. The first-order chi connectivity index (χ1) is 10.0. The van der Waals surface area contributed by atoms with Crippen LogP contribution in [-0.4, -0.2) is 41.7 Å². The summed E-state index contributed by atoms with van der Waals surface area (Å²) in [6, 6.07) is 7.22. The summed E-state index contributed by atoms with van der Waals surface area (Å²) in [5.74, 6) is 5.35. The fraction of sp³-hybridized carbons (Fsp3) is 0.214. The molecule has 1 heterocycles. The van der Waals surface area contributed by atoms with Gasteiger partial charge in [-0.05, 0) is 17.7 Å². The molecule has 0 aliphatic carbocycles. The third-order valence-corrected chi connectivity index (χ3v) is 4.59. The molecule has 110 valence electrons. The molecule has 0 saturated heterocycles. The van der Waals surface area contributed by atoms with E-state index in [9.17, 15) is 8.42 Å². The van der Waals surface area contributed by atoms with E-state index in [0.29, 0.717) is 0 Å². The maximum atomic E-state index is 12.3. The van der Waals surface area contributed by atoms with Crippen molar-refractivity contribution in [3.8, 4) is 11.8 Å². The summed E-state index contributed by atoms with van der Waals surface area (Å²) in [7, 11) is -2.05. The molecule has 0 atom stereocenters. The van der Waals surface area contributed by atoms with E-state index >= 15 is 0 Å². The van der Waals surface area contributed by atoms with Gasteiger partial charge in [-0.1, -0.05) is 24.0 Å². The van der Waals surface area contributed by atoms with Gasteiger partial charge in [0.25, 0.3) is 0 Å². The topological polar surface area (TPSA) is 86.3 Å². The predicted octanol–water partition coefficient (Wildman–Crippen LogP) is 0.574. The molecule has 6 nitrogen and oxygen atoms in total. The average molecular weight is 305 g/mol. The van der Waals surface area contributed by atoms with Gasteiger partial charge >= 0.3 is 0 Å². The molecule has 2 N–H and O–H groups in total. The fourth-order valence-corrected chi connectivity index (χ4v) is 2.86. The van der Waals surface area contributed by atoms with Gasteiger partial charge in [0.1, 0.15) is 11.5 Å². The van der Waals surface area contributed by atoms with Gasteiger partial charge in [0, 0.05) is 25.4 Å². The highest BCUT2D eigenvalue weighted by atomic mass is 32.2. The standard InChI is InChI=1S/C14H15N3O3S/c1-17(21(19,20)14-9-15-16-10-14)11-13-5-2-4-12(8-13)6-3-7-18/h2,4-5,8-10,18H,7,11H2,1H3,(H,15,16). The molecule has 0 amide bonds. The Labute approximate surface area is 123 Å². The van der Waals surface area contributed by atoms with Crippen LogP contribution in [0.25, 0.3) is 0 Å². The number of aliphatic hydroxyl groups excluding tert-OH is 1. The smallest absolute Gasteiger partial charge is 0.246 e. The van der Waals surface area contributed by atoms with Crippen molar-refractivity contribution < 1.29 is 13.5 Å². The first-order valence-corrected chi connectivity index (χ1v) is 7.62. The molecule has 0 aliphatic rings. The van der Waals surface area contributed by atoms with Crippen LogP contribution in [0.3, 0.4) is 0 Å². The second-order valence-corrected chi connectivity index (χ2v) is 6.40. The second-order valence-electron chi connectivity index (χ2n) is 4.36. The van der Waals surface area contributed by atoms with Crippen LogP contribution >= 0.6 is 0 Å². The Hall–Kier alpha value is -2.14. The van der Waals surface area contributed by atoms with Crippen molar-refractivity contribution in [1.82, 2.24) is 14.5 Å². The van der Waals surface area contributed by atoms with Crippen molar-refractivity contribution in [2.75, 3.05) is 13.7 Å². The maximum Gasteiger partial charge on any atom is 0.246 e. The van der Waals surface area contributed by atoms with Crippen molar-refractivity contribution in [2.45, 2.75) is 11.4 Å². The molecular weight excluding hydrogens is 290 g/mol. The van der Waals surface area contributed by atoms with Crippen molar-refractivity contribution in [2.24, 2.45) is 0 Å². The number of hydrogen-bond donors (Lipinski definition) is 2. The van der Waals surface area contributed by atoms with Crippen molar-refractivity contribution in [1.29, 1.82) is 0 Å². The Bertz CT molecular complexity index is 758. The van der Waals surface area contributed by atoms with Gasteiger partial charge in [0.15, 0.2) is 0 Å². The molecule has 7 heteroatoms. The summed E-state index contributed by atoms with van der Waals surface area (Å²) in [6.45, 7) is 0.0150. The van der Waals surface area contributed by atoms with Crippen molar-refractivity contribution in [3.05, 3.63) is 47.8 Å². The van der Waals surface area contributed by atoms with Gasteiger partial charge in [0.2, 0.25) is 10.0 Å². The summed E-state index contributed by atoms with van der Waals surface area (Å²) in [6.07, 6.45) is 2.62. The number of benzene rings is 1. The molecule has 1 aromatic heterocycles. The van der Waals surface area contributed by atoms with Crippen molar-refractivity contribution >= 4 is 10.0 Å². The van der Waals surface area contributed by atoms with Crippen LogP contribution in [0.2, 0.25) is 0 Å². The molecular formula is C14H15N3O3S. The Balaban J connectivity index is 2.18. The number of nitrogens with zero attached hydrogens (tertiary/aromatic N) is 2. The molecule has 2 rings (SSSR count). The number of nitrogens with one attached hydrogen (secondary N) is 1. The summed E-state index contributed by atoms with van der Waals surface area (Å²) in [4.78, 5) is 0.126. The van der Waals surface area contributed by atoms with Gasteiger partial charge in [0.05, 0.1) is 6.20 Å². The number of aliphatic hydroxyl groups is 1. The number of rotatable bonds is 4. The Morgan fingerprint density at radius 1 is 1.43 bits per heavy atom. The quantitative estimate of drug-likeness (QED) is 0.809. The normalized spacial score (nSPS) is 11.2. The fourth-order valence-electron chi connectivity index (χ4n) is 1.79. The Morgan fingerprint density at radius 3 is 2.90 bits per heavy atom. The van der Waals surface area contributed by atoms with Gasteiger partial charge in [-0.25, -0.2) is 8.42 Å². The SMILES string of the molecule is CN(Cc1cccc(C#CCO)c1)S(=O)(=O)c1cn[nH]c1. The summed E-state index contributed by atoms with van der Waals surface area (Å²) >= 11 is 0. The molecule has 21 heavy (non-hydrogen) atoms. The monoisotopic (exact) mass is 305 g/mol. The van der Waals surface area contributed by atoms with Crippen LogP contribution in [0, 0.1) is 11.8 Å². The zero-order chi connectivity index (χ0) is 15.3. The number of aromatic nitrogens is 2. The molecule has 0 spiro atoms. The van der Waals surface area contributed by atoms with E-state index in [1.54, 1.807) is 18.2 Å². The molecule has 2 aromatic rings. The third kappa shape index (κ3) is 3.70. The largest absolute Gasteiger partial charge is 0.384 e. The van der Waals surface area contributed by atoms with Crippen LogP contribution in [0.4, 0.5) is 0 Å². The minimum absolute atomic E-state index is 0.126. The predicted molar refractivity (Wildman–Crippen MR) is 77.6 cm³/mol. The van der Waals surface area contributed by atoms with Crippen LogP contribution in [0.5, 0.6) is 0 Å². The van der Waals surface area contributed by atoms with E-state index in [2.05, 4.69) is 22.0 Å². The number of hydrogen-bond acceptors (Lipinski definition) is 4. The highest BCUT2D eigenvalue weighted by Crippen LogP contribution is 2.15. The average Bonchev–Trinajstić information content (AvgIpc) is 3.00. The lowest BCUT2D eigenvalue weighted by atomic mass is 10.1. The first-order valence-electron chi connectivity index (χ1n) is 6.18. The molecule has 0 radical (unpaired) electrons. The zero-order valence-corrected chi connectivity index (χ0v) is 12.3. The number of H-pyrrole nitrogens is 1. The lowest BCUT2D eigenvalue weighted by Crippen LogP contribution is -2.26. The Morgan fingerprint density at radius 2 is 2.24 bits per heavy atom. The first kappa shape index (κ1) is 15.3. The van der Waals surface area contributed by atoms with Crippen LogP contribution in [-0.2, 0) is 16.6 Å². The minimum atomic E-state index is -3.56. The van der Waals surface area contributed by atoms with Gasteiger partial charge in [-0.2, -0.15) is 9.40 Å². The lowest BCUT2D eigenvalue weighted by Gasteiger charge is -2.16. The molecule has 0 fully saturated rings. The van der Waals surface area contributed by atoms with E-state index in [1.165, 1.54) is 23.7 Å². The highest BCUT2D eigenvalue weighted by molar-refractivity contribution is 7.89. The zero-order valence-electron chi connectivity index (χ0n) is 11.4. The van der Waals surface area contributed by atoms with Gasteiger partial charge in [-0.15, -0.1) is 0 Å². The lowest BCUT2D eigenvalue weighted by molar-refractivity contribution is 0.350. The van der Waals surface area contributed by atoms with E-state index in [0.717, 1.165) is 11.1 Å². The molecule has 1 aromatic carbocycles. The second kappa shape index (κ2) is 6.54. The van der Waals surface area contributed by atoms with Crippen molar-refractivity contribution in [3.63, 3.8) is 0 Å². The molecule has 0 bridgehead atoms. The van der Waals surface area contributed by atoms with Crippen LogP contribution in [0.1, 0.15) is 11.1 Å². The van der Waals surface area contributed by atoms with E-state index in [-0.39, 0.29) is 18.0 Å². The van der Waals surface area contributed by atoms with E-state index in [4.69, 9.17) is 5.11 Å². The maximum absolute atomic E-state index is 12.3. The molecule has 0 aliphatic heterocycles. The van der Waals surface area contributed by atoms with Crippen LogP contribution < -0.4 is 0 Å². The van der Waals surface area contributed by atoms with Crippen LogP contribution in [0.15, 0.2) is 41.6 Å². The van der Waals surface area contributed by atoms with Gasteiger partial charge < -0.3 is 5.11 Å². The van der Waals surface area contributed by atoms with E-state index in [1.807, 2.05) is 6.07 Å². The summed E-state index contributed by atoms with van der Waals surface area (Å²) in [5, 5.41) is 14.8. The van der Waals surface area contributed by atoms with Gasteiger partial charge in [-0.3, -0.25) is 5.10 Å². The minimum Gasteiger partial charge on any atom is -0.384 e. The molecule has 0 unspecified atom stereocenters. The third-order valence-electron chi connectivity index (χ3n) is 2.83. The molecule has 0 saturated carbocycles. The number of aromatic amines is 1. The summed E-state index contributed by atoms with van der Waals surface area (Å²) < 4.78 is 25.8. The Kier molecular flexibility index (Phi) is 4.75. The summed E-state index contributed by atoms with van der Waals surface area (Å²) in [5.41, 5.74) is 1.55.